The first-order valence-electron chi connectivity index (χ1n) is 6.62. The van der Waals surface area contributed by atoms with Crippen molar-refractivity contribution >= 4 is 0 Å². The van der Waals surface area contributed by atoms with Gasteiger partial charge in [0.1, 0.15) is 5.82 Å². The summed E-state index contributed by atoms with van der Waals surface area (Å²) >= 11 is 0. The summed E-state index contributed by atoms with van der Waals surface area (Å²) in [4.78, 5) is 1.63. The number of aliphatic hydroxyl groups excluding tert-OH is 1. The molecule has 1 atom stereocenters. The molecule has 118 valence electrons. The van der Waals surface area contributed by atoms with E-state index in [4.69, 9.17) is 0 Å². The van der Waals surface area contributed by atoms with Gasteiger partial charge in [0.15, 0.2) is 17.5 Å². The summed E-state index contributed by atoms with van der Waals surface area (Å²) in [5, 5.41) is 10.0. The van der Waals surface area contributed by atoms with Gasteiger partial charge in [0, 0.05) is 13.1 Å². The van der Waals surface area contributed by atoms with Gasteiger partial charge in [0.25, 0.3) is 0 Å². The summed E-state index contributed by atoms with van der Waals surface area (Å²) in [5.74, 6) is -4.40. The predicted octanol–water partition coefficient (Wildman–Crippen LogP) is 3.41. The summed E-state index contributed by atoms with van der Waals surface area (Å²) in [7, 11) is 1.64. The van der Waals surface area contributed by atoms with E-state index in [9.17, 15) is 22.7 Å². The second-order valence-corrected chi connectivity index (χ2v) is 5.14. The van der Waals surface area contributed by atoms with Gasteiger partial charge in [-0.15, -0.1) is 0 Å². The molecule has 22 heavy (non-hydrogen) atoms. The Hall–Kier alpha value is -1.92. The lowest BCUT2D eigenvalue weighted by Gasteiger charge is -2.21. The fraction of sp³-hybridized carbons (Fsp3) is 0.250. The van der Waals surface area contributed by atoms with E-state index < -0.39 is 29.4 Å². The van der Waals surface area contributed by atoms with Gasteiger partial charge in [-0.3, -0.25) is 4.90 Å². The largest absolute Gasteiger partial charge is 0.387 e. The fourth-order valence-electron chi connectivity index (χ4n) is 2.16. The second-order valence-electron chi connectivity index (χ2n) is 5.14. The van der Waals surface area contributed by atoms with Crippen molar-refractivity contribution in [3.05, 3.63) is 70.8 Å². The average Bonchev–Trinajstić information content (AvgIpc) is 2.45. The Morgan fingerprint density at radius 1 is 1.00 bits per heavy atom. The van der Waals surface area contributed by atoms with Gasteiger partial charge in [-0.2, -0.15) is 0 Å². The highest BCUT2D eigenvalue weighted by Crippen LogP contribution is 2.18. The van der Waals surface area contributed by atoms with Crippen molar-refractivity contribution in [2.24, 2.45) is 0 Å². The van der Waals surface area contributed by atoms with E-state index in [1.165, 1.54) is 24.3 Å². The van der Waals surface area contributed by atoms with Crippen molar-refractivity contribution in [3.63, 3.8) is 0 Å². The maximum atomic E-state index is 13.1. The summed E-state index contributed by atoms with van der Waals surface area (Å²) in [6.45, 7) is 0.304. The maximum Gasteiger partial charge on any atom is 0.194 e. The van der Waals surface area contributed by atoms with Crippen LogP contribution in [-0.4, -0.2) is 23.6 Å². The Morgan fingerprint density at radius 3 is 2.09 bits per heavy atom. The number of hydrogen-bond donors (Lipinski definition) is 1. The maximum absolute atomic E-state index is 13.1. The van der Waals surface area contributed by atoms with Crippen LogP contribution in [0.5, 0.6) is 0 Å². The Morgan fingerprint density at radius 2 is 1.55 bits per heavy atom. The Kier molecular flexibility index (Phi) is 5.15. The highest BCUT2D eigenvalue weighted by Gasteiger charge is 2.14. The van der Waals surface area contributed by atoms with E-state index in [0.717, 1.165) is 12.1 Å². The number of halogens is 4. The van der Waals surface area contributed by atoms with E-state index in [-0.39, 0.29) is 18.7 Å². The molecule has 0 bridgehead atoms. The van der Waals surface area contributed by atoms with Gasteiger partial charge >= 0.3 is 0 Å². The minimum absolute atomic E-state index is 0.131. The van der Waals surface area contributed by atoms with Gasteiger partial charge in [0.2, 0.25) is 0 Å². The number of likely N-dealkylation sites (N-methyl/N-ethyl adjacent to an activating group) is 1. The summed E-state index contributed by atoms with van der Waals surface area (Å²) < 4.78 is 52.0. The van der Waals surface area contributed by atoms with Crippen LogP contribution in [0.2, 0.25) is 0 Å². The molecule has 2 rings (SSSR count). The summed E-state index contributed by atoms with van der Waals surface area (Å²) in [6.07, 6.45) is -0.874. The van der Waals surface area contributed by atoms with Crippen molar-refractivity contribution in [1.82, 2.24) is 4.90 Å². The summed E-state index contributed by atoms with van der Waals surface area (Å²) in [5.41, 5.74) is 0.787. The zero-order valence-electron chi connectivity index (χ0n) is 11.9. The lowest BCUT2D eigenvalue weighted by Crippen LogP contribution is -2.24. The van der Waals surface area contributed by atoms with Crippen LogP contribution in [0.25, 0.3) is 0 Å². The third kappa shape index (κ3) is 4.05. The average molecular weight is 313 g/mol. The van der Waals surface area contributed by atoms with Crippen LogP contribution in [0.3, 0.4) is 0 Å². The van der Waals surface area contributed by atoms with Crippen molar-refractivity contribution < 1.29 is 22.7 Å². The van der Waals surface area contributed by atoms with Crippen molar-refractivity contribution in [3.8, 4) is 0 Å². The van der Waals surface area contributed by atoms with E-state index >= 15 is 0 Å². The molecule has 6 heteroatoms. The summed E-state index contributed by atoms with van der Waals surface area (Å²) in [6, 6.07) is 7.24. The Bertz CT molecular complexity index is 622. The smallest absolute Gasteiger partial charge is 0.194 e. The van der Waals surface area contributed by atoms with Gasteiger partial charge in [-0.05, 0) is 42.4 Å². The molecule has 0 fully saturated rings. The van der Waals surface area contributed by atoms with Crippen LogP contribution in [0.1, 0.15) is 17.2 Å². The minimum Gasteiger partial charge on any atom is -0.387 e. The first-order chi connectivity index (χ1) is 10.4. The molecule has 0 saturated heterocycles. The topological polar surface area (TPSA) is 23.5 Å². The van der Waals surface area contributed by atoms with Crippen LogP contribution < -0.4 is 0 Å². The van der Waals surface area contributed by atoms with Crippen molar-refractivity contribution in [1.29, 1.82) is 0 Å². The van der Waals surface area contributed by atoms with Crippen LogP contribution in [-0.2, 0) is 6.54 Å². The molecule has 0 spiro atoms. The minimum atomic E-state index is -1.50. The lowest BCUT2D eigenvalue weighted by molar-refractivity contribution is 0.123. The standard InChI is InChI=1S/C16H15F4NO/c1-21(8-10-6-13(18)16(20)14(19)7-10)9-15(22)11-2-4-12(17)5-3-11/h2-7,15,22H,8-9H2,1H3. The number of aliphatic hydroxyl groups is 1. The predicted molar refractivity (Wildman–Crippen MR) is 74.0 cm³/mol. The lowest BCUT2D eigenvalue weighted by atomic mass is 10.1. The van der Waals surface area contributed by atoms with E-state index in [2.05, 4.69) is 0 Å². The van der Waals surface area contributed by atoms with Crippen molar-refractivity contribution in [2.45, 2.75) is 12.6 Å². The third-order valence-corrected chi connectivity index (χ3v) is 3.24. The second kappa shape index (κ2) is 6.89. The zero-order valence-corrected chi connectivity index (χ0v) is 11.9. The van der Waals surface area contributed by atoms with Crippen molar-refractivity contribution in [2.75, 3.05) is 13.6 Å². The normalized spacial score (nSPS) is 12.7. The number of benzene rings is 2. The molecule has 1 N–H and O–H groups in total. The molecule has 2 aromatic carbocycles. The van der Waals surface area contributed by atoms with Crippen LogP contribution >= 0.6 is 0 Å². The fourth-order valence-corrected chi connectivity index (χ4v) is 2.16. The molecule has 0 heterocycles. The van der Waals surface area contributed by atoms with Gasteiger partial charge in [-0.1, -0.05) is 12.1 Å². The van der Waals surface area contributed by atoms with Gasteiger partial charge in [-0.25, -0.2) is 17.6 Å². The molecule has 0 aliphatic heterocycles. The number of nitrogens with zero attached hydrogens (tertiary/aromatic N) is 1. The van der Waals surface area contributed by atoms with Gasteiger partial charge in [0.05, 0.1) is 6.10 Å². The molecule has 0 aromatic heterocycles. The molecule has 0 saturated carbocycles. The number of hydrogen-bond acceptors (Lipinski definition) is 2. The zero-order chi connectivity index (χ0) is 16.3. The SMILES string of the molecule is CN(Cc1cc(F)c(F)c(F)c1)CC(O)c1ccc(F)cc1. The molecular weight excluding hydrogens is 298 g/mol. The van der Waals surface area contributed by atoms with E-state index in [1.807, 2.05) is 0 Å². The molecular formula is C16H15F4NO. The molecule has 2 nitrogen and oxygen atoms in total. The third-order valence-electron chi connectivity index (χ3n) is 3.24. The quantitative estimate of drug-likeness (QED) is 0.675. The number of rotatable bonds is 5. The van der Waals surface area contributed by atoms with E-state index in [1.54, 1.807) is 11.9 Å². The highest BCUT2D eigenvalue weighted by molar-refractivity contribution is 5.20. The Balaban J connectivity index is 2.00. The Labute approximate surface area is 125 Å². The highest BCUT2D eigenvalue weighted by atomic mass is 19.2. The monoisotopic (exact) mass is 313 g/mol. The molecule has 2 aromatic rings. The van der Waals surface area contributed by atoms with Crippen LogP contribution in [0.4, 0.5) is 17.6 Å². The molecule has 0 radical (unpaired) electrons. The first kappa shape index (κ1) is 16.5. The first-order valence-corrected chi connectivity index (χ1v) is 6.62. The molecule has 0 aliphatic rings. The van der Waals surface area contributed by atoms with Gasteiger partial charge < -0.3 is 5.11 Å². The van der Waals surface area contributed by atoms with E-state index in [0.29, 0.717) is 5.56 Å². The molecule has 0 amide bonds. The molecule has 1 unspecified atom stereocenters. The van der Waals surface area contributed by atoms with Crippen LogP contribution in [0.15, 0.2) is 36.4 Å². The van der Waals surface area contributed by atoms with Crippen LogP contribution in [0, 0.1) is 23.3 Å². The molecule has 0 aliphatic carbocycles.